The zero-order chi connectivity index (χ0) is 66.4. The lowest BCUT2D eigenvalue weighted by molar-refractivity contribution is -0.302. The van der Waals surface area contributed by atoms with E-state index in [9.17, 15) is 30.3 Å². The van der Waals surface area contributed by atoms with Crippen LogP contribution in [-0.2, 0) is 14.3 Å². The highest BCUT2D eigenvalue weighted by molar-refractivity contribution is 5.76. The van der Waals surface area contributed by atoms with E-state index in [0.717, 1.165) is 44.9 Å². The number of allylic oxidation sites excluding steroid dienone is 5. The lowest BCUT2D eigenvalue weighted by Crippen LogP contribution is -2.60. The topological polar surface area (TPSA) is 149 Å². The monoisotopic (exact) mass is 1300 g/mol. The maximum atomic E-state index is 13.2. The summed E-state index contributed by atoms with van der Waals surface area (Å²) < 4.78 is 11.4. The molecule has 1 heterocycles. The number of amides is 1. The SMILES string of the molecule is CCCCCCC/C=C\C/C=C\CCCCCCCCCCCCCCCCCCCCCCCCCCCCCCCC(=O)NC(COC1OC(CO)C(O)C(O)C1O)C(O)/C=C/CCCCCCCCCCCCCCCCCCCCCCCCCCCC. The van der Waals surface area contributed by atoms with Gasteiger partial charge in [0.25, 0.3) is 0 Å². The molecule has 9 heteroatoms. The molecule has 1 rings (SSSR count). The van der Waals surface area contributed by atoms with E-state index in [0.29, 0.717) is 6.42 Å². The van der Waals surface area contributed by atoms with Gasteiger partial charge in [-0.25, -0.2) is 0 Å². The number of carbonyl (C=O) groups excluding carboxylic acids is 1. The Morgan fingerprint density at radius 3 is 0.935 bits per heavy atom. The van der Waals surface area contributed by atoms with Crippen molar-refractivity contribution in [1.82, 2.24) is 5.32 Å². The van der Waals surface area contributed by atoms with Crippen molar-refractivity contribution >= 4 is 5.91 Å². The Morgan fingerprint density at radius 1 is 0.370 bits per heavy atom. The van der Waals surface area contributed by atoms with Crippen molar-refractivity contribution in [2.45, 2.75) is 474 Å². The normalized spacial score (nSPS) is 17.8. The maximum absolute atomic E-state index is 13.2. The highest BCUT2D eigenvalue weighted by Gasteiger charge is 2.44. The molecule has 0 bridgehead atoms. The summed E-state index contributed by atoms with van der Waals surface area (Å²) in [6.07, 6.45) is 91.7. The molecule has 0 aromatic rings. The number of hydrogen-bond acceptors (Lipinski definition) is 8. The van der Waals surface area contributed by atoms with Crippen molar-refractivity contribution in [2.24, 2.45) is 0 Å². The molecule has 1 saturated heterocycles. The van der Waals surface area contributed by atoms with Gasteiger partial charge in [0.05, 0.1) is 25.4 Å². The second kappa shape index (κ2) is 72.2. The molecule has 0 radical (unpaired) electrons. The Labute approximate surface area is 571 Å². The van der Waals surface area contributed by atoms with Crippen molar-refractivity contribution in [3.63, 3.8) is 0 Å². The molecule has 544 valence electrons. The van der Waals surface area contributed by atoms with Crippen LogP contribution in [0, 0.1) is 0 Å². The lowest BCUT2D eigenvalue weighted by Gasteiger charge is -2.40. The first kappa shape index (κ1) is 88.4. The molecule has 0 saturated carbocycles. The number of rotatable bonds is 74. The van der Waals surface area contributed by atoms with Crippen LogP contribution < -0.4 is 5.32 Å². The Bertz CT molecular complexity index is 1550. The van der Waals surface area contributed by atoms with Gasteiger partial charge in [-0.05, 0) is 51.4 Å². The van der Waals surface area contributed by atoms with Crippen LogP contribution in [0.1, 0.15) is 431 Å². The van der Waals surface area contributed by atoms with Gasteiger partial charge in [0, 0.05) is 6.42 Å². The highest BCUT2D eigenvalue weighted by Crippen LogP contribution is 2.24. The molecular formula is C83H159NO8. The minimum Gasteiger partial charge on any atom is -0.394 e. The second-order valence-corrected chi connectivity index (χ2v) is 28.9. The van der Waals surface area contributed by atoms with Crippen LogP contribution >= 0.6 is 0 Å². The van der Waals surface area contributed by atoms with Crippen LogP contribution in [0.4, 0.5) is 0 Å². The van der Waals surface area contributed by atoms with E-state index in [1.165, 1.54) is 366 Å². The minimum absolute atomic E-state index is 0.166. The van der Waals surface area contributed by atoms with E-state index in [-0.39, 0.29) is 12.5 Å². The predicted molar refractivity (Wildman–Crippen MR) is 397 cm³/mol. The summed E-state index contributed by atoms with van der Waals surface area (Å²) in [6.45, 7) is 3.84. The first-order valence-corrected chi connectivity index (χ1v) is 41.2. The summed E-state index contributed by atoms with van der Waals surface area (Å²) in [7, 11) is 0. The quantitative estimate of drug-likeness (QED) is 0.0261. The smallest absolute Gasteiger partial charge is 0.220 e. The Kier molecular flexibility index (Phi) is 69.4. The van der Waals surface area contributed by atoms with Gasteiger partial charge < -0.3 is 40.3 Å². The minimum atomic E-state index is -1.57. The van der Waals surface area contributed by atoms with E-state index < -0.39 is 49.5 Å². The fourth-order valence-electron chi connectivity index (χ4n) is 13.5. The number of aliphatic hydroxyl groups is 5. The van der Waals surface area contributed by atoms with Crippen LogP contribution in [0.15, 0.2) is 36.5 Å². The van der Waals surface area contributed by atoms with Crippen LogP contribution in [0.3, 0.4) is 0 Å². The number of ether oxygens (including phenoxy) is 2. The molecule has 7 atom stereocenters. The average molecular weight is 1300 g/mol. The first-order valence-electron chi connectivity index (χ1n) is 41.2. The van der Waals surface area contributed by atoms with Crippen molar-refractivity contribution in [3.05, 3.63) is 36.5 Å². The third-order valence-electron chi connectivity index (χ3n) is 20.0. The Morgan fingerprint density at radius 2 is 0.641 bits per heavy atom. The van der Waals surface area contributed by atoms with E-state index >= 15 is 0 Å². The van der Waals surface area contributed by atoms with Gasteiger partial charge in [-0.1, -0.05) is 410 Å². The first-order chi connectivity index (χ1) is 45.3. The number of aliphatic hydroxyl groups excluding tert-OH is 5. The van der Waals surface area contributed by atoms with Gasteiger partial charge in [-0.2, -0.15) is 0 Å². The molecule has 1 aliphatic rings. The van der Waals surface area contributed by atoms with Gasteiger partial charge in [-0.15, -0.1) is 0 Å². The molecule has 9 nitrogen and oxygen atoms in total. The molecule has 0 aromatic heterocycles. The third-order valence-corrected chi connectivity index (χ3v) is 20.0. The van der Waals surface area contributed by atoms with Gasteiger partial charge in [-0.3, -0.25) is 4.79 Å². The Balaban J connectivity index is 2.03. The number of unbranched alkanes of at least 4 members (excludes halogenated alkanes) is 60. The van der Waals surface area contributed by atoms with Crippen LogP contribution in [0.5, 0.6) is 0 Å². The van der Waals surface area contributed by atoms with Crippen molar-refractivity contribution < 1.29 is 39.8 Å². The highest BCUT2D eigenvalue weighted by atomic mass is 16.7. The summed E-state index contributed by atoms with van der Waals surface area (Å²) in [4.78, 5) is 13.2. The largest absolute Gasteiger partial charge is 0.394 e. The summed E-state index contributed by atoms with van der Waals surface area (Å²) in [5, 5.41) is 54.9. The van der Waals surface area contributed by atoms with Crippen LogP contribution in [0.25, 0.3) is 0 Å². The van der Waals surface area contributed by atoms with Gasteiger partial charge >= 0.3 is 0 Å². The average Bonchev–Trinajstić information content (AvgIpc) is 1.00. The number of carbonyl (C=O) groups is 1. The zero-order valence-corrected chi connectivity index (χ0v) is 61.3. The van der Waals surface area contributed by atoms with Gasteiger partial charge in [0.15, 0.2) is 6.29 Å². The number of nitrogens with one attached hydrogen (secondary N) is 1. The molecule has 0 aromatic carbocycles. The number of hydrogen-bond donors (Lipinski definition) is 6. The zero-order valence-electron chi connectivity index (χ0n) is 61.3. The van der Waals surface area contributed by atoms with Crippen molar-refractivity contribution in [1.29, 1.82) is 0 Å². The molecule has 1 aliphatic heterocycles. The molecule has 7 unspecified atom stereocenters. The van der Waals surface area contributed by atoms with Crippen molar-refractivity contribution in [3.8, 4) is 0 Å². The Hall–Kier alpha value is -1.59. The van der Waals surface area contributed by atoms with E-state index in [1.54, 1.807) is 6.08 Å². The van der Waals surface area contributed by atoms with Crippen molar-refractivity contribution in [2.75, 3.05) is 13.2 Å². The standard InChI is InChI=1S/C83H159NO8/c1-3-5-7-9-11-13-15-17-19-21-23-25-27-29-31-33-34-35-36-37-38-39-40-41-42-43-44-45-47-49-51-53-55-57-59-61-63-65-67-69-71-73-79(87)84-76(75-91-83-82(90)81(89)80(88)78(74-85)92-83)77(86)72-70-68-66-64-62-60-58-56-54-52-50-48-46-32-30-28-26-24-22-20-18-16-14-12-10-8-6-4-2/h15,17,21,23,70,72,76-78,80-83,85-86,88-90H,3-14,16,18-20,22,24-69,71,73-75H2,1-2H3,(H,84,87)/b17-15-,23-21-,72-70+. The summed E-state index contributed by atoms with van der Waals surface area (Å²) in [5.74, 6) is -0.166. The van der Waals surface area contributed by atoms with Crippen LogP contribution in [0.2, 0.25) is 0 Å². The molecular weight excluding hydrogens is 1140 g/mol. The molecule has 92 heavy (non-hydrogen) atoms. The summed E-state index contributed by atoms with van der Waals surface area (Å²) >= 11 is 0. The maximum Gasteiger partial charge on any atom is 0.220 e. The van der Waals surface area contributed by atoms with Gasteiger partial charge in [0.1, 0.15) is 24.4 Å². The fraction of sp³-hybridized carbons (Fsp3) is 0.916. The van der Waals surface area contributed by atoms with Gasteiger partial charge in [0.2, 0.25) is 5.91 Å². The molecule has 1 fully saturated rings. The molecule has 0 spiro atoms. The summed E-state index contributed by atoms with van der Waals surface area (Å²) in [6, 6.07) is -0.805. The second-order valence-electron chi connectivity index (χ2n) is 28.9. The van der Waals surface area contributed by atoms with Crippen LogP contribution in [-0.4, -0.2) is 87.5 Å². The molecule has 0 aliphatic carbocycles. The third kappa shape index (κ3) is 59.7. The lowest BCUT2D eigenvalue weighted by atomic mass is 9.99. The summed E-state index contributed by atoms with van der Waals surface area (Å²) in [5.41, 5.74) is 0. The van der Waals surface area contributed by atoms with E-state index in [1.807, 2.05) is 6.08 Å². The fourth-order valence-corrected chi connectivity index (χ4v) is 13.5. The predicted octanol–water partition coefficient (Wildman–Crippen LogP) is 23.7. The van der Waals surface area contributed by atoms with E-state index in [2.05, 4.69) is 43.5 Å². The molecule has 6 N–H and O–H groups in total. The molecule has 1 amide bonds. The van der Waals surface area contributed by atoms with E-state index in [4.69, 9.17) is 9.47 Å².